The lowest BCUT2D eigenvalue weighted by atomic mass is 9.86. The molecule has 0 saturated carbocycles. The summed E-state index contributed by atoms with van der Waals surface area (Å²) in [4.78, 5) is 11.7. The van der Waals surface area contributed by atoms with Gasteiger partial charge >= 0.3 is 5.97 Å². The molecule has 0 fully saturated rings. The van der Waals surface area contributed by atoms with Crippen molar-refractivity contribution in [2.24, 2.45) is 0 Å². The maximum Gasteiger partial charge on any atom is 0.345 e. The van der Waals surface area contributed by atoms with Crippen LogP contribution in [0.4, 0.5) is 0 Å². The van der Waals surface area contributed by atoms with Gasteiger partial charge in [0.15, 0.2) is 6.10 Å². The summed E-state index contributed by atoms with van der Waals surface area (Å²) in [6.45, 7) is 8.15. The third-order valence-corrected chi connectivity index (χ3v) is 4.18. The molecule has 1 N–H and O–H groups in total. The molecule has 2 aromatic carbocycles. The van der Waals surface area contributed by atoms with Gasteiger partial charge in [0.05, 0.1) is 0 Å². The summed E-state index contributed by atoms with van der Waals surface area (Å²) in [5.74, 6) is -0.364. The second kappa shape index (κ2) is 7.27. The number of carboxylic acid groups (broad SMARTS) is 1. The first kappa shape index (κ1) is 18.3. The van der Waals surface area contributed by atoms with E-state index in [-0.39, 0.29) is 11.8 Å². The van der Waals surface area contributed by atoms with Gasteiger partial charge in [-0.05, 0) is 47.2 Å². The SMILES string of the molecule is Cc1cc(Cl)ccc1CC(Oc1ccccc1C(C)(C)C)C(=O)O. The van der Waals surface area contributed by atoms with Crippen molar-refractivity contribution in [1.82, 2.24) is 0 Å². The lowest BCUT2D eigenvalue weighted by Gasteiger charge is -2.25. The predicted molar refractivity (Wildman–Crippen MR) is 97.1 cm³/mol. The highest BCUT2D eigenvalue weighted by molar-refractivity contribution is 6.30. The van der Waals surface area contributed by atoms with Crippen LogP contribution in [0.15, 0.2) is 42.5 Å². The van der Waals surface area contributed by atoms with Crippen molar-refractivity contribution < 1.29 is 14.6 Å². The Morgan fingerprint density at radius 1 is 1.21 bits per heavy atom. The number of hydrogen-bond donors (Lipinski definition) is 1. The minimum Gasteiger partial charge on any atom is -0.478 e. The number of ether oxygens (including phenoxy) is 1. The zero-order valence-corrected chi connectivity index (χ0v) is 15.2. The van der Waals surface area contributed by atoms with Crippen LogP contribution >= 0.6 is 11.6 Å². The van der Waals surface area contributed by atoms with Crippen molar-refractivity contribution in [3.63, 3.8) is 0 Å². The molecule has 128 valence electrons. The van der Waals surface area contributed by atoms with E-state index in [2.05, 4.69) is 20.8 Å². The van der Waals surface area contributed by atoms with Gasteiger partial charge in [-0.1, -0.05) is 56.6 Å². The first-order valence-corrected chi connectivity index (χ1v) is 8.30. The molecule has 0 spiro atoms. The van der Waals surface area contributed by atoms with Crippen LogP contribution in [0.2, 0.25) is 5.02 Å². The van der Waals surface area contributed by atoms with Crippen LogP contribution in [-0.4, -0.2) is 17.2 Å². The second-order valence-electron chi connectivity index (χ2n) is 6.97. The minimum absolute atomic E-state index is 0.129. The topological polar surface area (TPSA) is 46.5 Å². The molecule has 4 heteroatoms. The summed E-state index contributed by atoms with van der Waals surface area (Å²) in [5, 5.41) is 10.2. The summed E-state index contributed by atoms with van der Waals surface area (Å²) >= 11 is 5.97. The number of para-hydroxylation sites is 1. The molecule has 0 aliphatic carbocycles. The van der Waals surface area contributed by atoms with Gasteiger partial charge < -0.3 is 9.84 Å². The van der Waals surface area contributed by atoms with Crippen LogP contribution < -0.4 is 4.74 Å². The van der Waals surface area contributed by atoms with Gasteiger partial charge in [0, 0.05) is 11.4 Å². The lowest BCUT2D eigenvalue weighted by molar-refractivity contribution is -0.145. The van der Waals surface area contributed by atoms with Crippen LogP contribution in [0.1, 0.15) is 37.5 Å². The Kier molecular flexibility index (Phi) is 5.55. The number of aryl methyl sites for hydroxylation is 1. The van der Waals surface area contributed by atoms with E-state index in [0.717, 1.165) is 16.7 Å². The molecule has 2 aromatic rings. The first-order valence-electron chi connectivity index (χ1n) is 7.92. The Labute approximate surface area is 148 Å². The van der Waals surface area contributed by atoms with Crippen LogP contribution in [0.25, 0.3) is 0 Å². The van der Waals surface area contributed by atoms with Crippen molar-refractivity contribution in [2.75, 3.05) is 0 Å². The van der Waals surface area contributed by atoms with Gasteiger partial charge in [-0.25, -0.2) is 4.79 Å². The van der Waals surface area contributed by atoms with E-state index in [9.17, 15) is 9.90 Å². The van der Waals surface area contributed by atoms with E-state index in [1.807, 2.05) is 43.3 Å². The molecule has 1 unspecified atom stereocenters. The molecule has 0 bridgehead atoms. The van der Waals surface area contributed by atoms with Crippen LogP contribution in [0, 0.1) is 6.92 Å². The van der Waals surface area contributed by atoms with Gasteiger partial charge in [0.1, 0.15) is 5.75 Å². The monoisotopic (exact) mass is 346 g/mol. The maximum atomic E-state index is 11.7. The number of halogens is 1. The molecule has 0 aromatic heterocycles. The molecular formula is C20H23ClO3. The fourth-order valence-electron chi connectivity index (χ4n) is 2.61. The molecule has 0 heterocycles. The van der Waals surface area contributed by atoms with Crippen molar-refractivity contribution in [2.45, 2.75) is 45.6 Å². The summed E-state index contributed by atoms with van der Waals surface area (Å²) in [7, 11) is 0. The highest BCUT2D eigenvalue weighted by Crippen LogP contribution is 2.32. The van der Waals surface area contributed by atoms with Crippen LogP contribution in [0.5, 0.6) is 5.75 Å². The van der Waals surface area contributed by atoms with E-state index in [1.165, 1.54) is 0 Å². The van der Waals surface area contributed by atoms with Gasteiger partial charge in [-0.2, -0.15) is 0 Å². The number of rotatable bonds is 5. The molecular weight excluding hydrogens is 324 g/mol. The second-order valence-corrected chi connectivity index (χ2v) is 7.40. The number of carbonyl (C=O) groups is 1. The smallest absolute Gasteiger partial charge is 0.345 e. The van der Waals surface area contributed by atoms with Crippen molar-refractivity contribution in [1.29, 1.82) is 0 Å². The third kappa shape index (κ3) is 4.51. The molecule has 0 amide bonds. The number of benzene rings is 2. The highest BCUT2D eigenvalue weighted by atomic mass is 35.5. The summed E-state index contributed by atoms with van der Waals surface area (Å²) < 4.78 is 5.89. The van der Waals surface area contributed by atoms with Gasteiger partial charge in [-0.15, -0.1) is 0 Å². The summed E-state index contributed by atoms with van der Waals surface area (Å²) in [5.41, 5.74) is 2.74. The third-order valence-electron chi connectivity index (χ3n) is 3.95. The van der Waals surface area contributed by atoms with E-state index in [0.29, 0.717) is 10.8 Å². The molecule has 0 radical (unpaired) electrons. The minimum atomic E-state index is -0.979. The molecule has 2 rings (SSSR count). The molecule has 0 aliphatic heterocycles. The largest absolute Gasteiger partial charge is 0.478 e. The molecule has 1 atom stereocenters. The molecule has 3 nitrogen and oxygen atoms in total. The van der Waals surface area contributed by atoms with Gasteiger partial charge in [0.2, 0.25) is 0 Å². The van der Waals surface area contributed by atoms with E-state index >= 15 is 0 Å². The van der Waals surface area contributed by atoms with E-state index in [4.69, 9.17) is 16.3 Å². The average molecular weight is 347 g/mol. The van der Waals surface area contributed by atoms with Crippen molar-refractivity contribution >= 4 is 17.6 Å². The predicted octanol–water partition coefficient (Wildman–Crippen LogP) is 5.02. The highest BCUT2D eigenvalue weighted by Gasteiger charge is 2.25. The number of carboxylic acids is 1. The van der Waals surface area contributed by atoms with Gasteiger partial charge in [0.25, 0.3) is 0 Å². The maximum absolute atomic E-state index is 11.7. The Balaban J connectivity index is 2.29. The van der Waals surface area contributed by atoms with Crippen molar-refractivity contribution in [3.8, 4) is 5.75 Å². The van der Waals surface area contributed by atoms with E-state index < -0.39 is 12.1 Å². The zero-order chi connectivity index (χ0) is 17.9. The molecule has 0 aliphatic rings. The Bertz CT molecular complexity index is 732. The fourth-order valence-corrected chi connectivity index (χ4v) is 2.84. The Morgan fingerprint density at radius 3 is 2.46 bits per heavy atom. The molecule has 0 saturated heterocycles. The summed E-state index contributed by atoms with van der Waals surface area (Å²) in [6.07, 6.45) is -0.662. The average Bonchev–Trinajstić information content (AvgIpc) is 2.48. The molecule has 24 heavy (non-hydrogen) atoms. The van der Waals surface area contributed by atoms with E-state index in [1.54, 1.807) is 6.07 Å². The number of aliphatic carboxylic acids is 1. The lowest BCUT2D eigenvalue weighted by Crippen LogP contribution is -2.30. The first-order chi connectivity index (χ1) is 11.2. The summed E-state index contributed by atoms with van der Waals surface area (Å²) in [6, 6.07) is 13.0. The normalized spacial score (nSPS) is 12.7. The van der Waals surface area contributed by atoms with Crippen molar-refractivity contribution in [3.05, 3.63) is 64.2 Å². The Morgan fingerprint density at radius 2 is 1.88 bits per heavy atom. The zero-order valence-electron chi connectivity index (χ0n) is 14.5. The van der Waals surface area contributed by atoms with Gasteiger partial charge in [-0.3, -0.25) is 0 Å². The number of hydrogen-bond acceptors (Lipinski definition) is 2. The van der Waals surface area contributed by atoms with Crippen LogP contribution in [-0.2, 0) is 16.6 Å². The fraction of sp³-hybridized carbons (Fsp3) is 0.350. The van der Waals surface area contributed by atoms with Crippen LogP contribution in [0.3, 0.4) is 0 Å². The standard InChI is InChI=1S/C20H23ClO3/c1-13-11-15(21)10-9-14(13)12-18(19(22)23)24-17-8-6-5-7-16(17)20(2,3)4/h5-11,18H,12H2,1-4H3,(H,22,23). The quantitative estimate of drug-likeness (QED) is 0.826. The Hall–Kier alpha value is -2.00.